The number of nitrogens with one attached hydrogen (secondary N) is 1. The number of H-pyrrole nitrogens is 1. The van der Waals surface area contributed by atoms with Gasteiger partial charge in [-0.25, -0.2) is 0 Å². The quantitative estimate of drug-likeness (QED) is 0.779. The Balaban J connectivity index is 2.56. The number of rotatable bonds is 5. The molecule has 16 heavy (non-hydrogen) atoms. The van der Waals surface area contributed by atoms with Gasteiger partial charge in [0.25, 0.3) is 5.91 Å². The summed E-state index contributed by atoms with van der Waals surface area (Å²) < 4.78 is 0. The van der Waals surface area contributed by atoms with Gasteiger partial charge < -0.3 is 10.0 Å². The van der Waals surface area contributed by atoms with Gasteiger partial charge in [-0.3, -0.25) is 9.89 Å². The molecule has 5 nitrogen and oxygen atoms in total. The first-order valence-corrected chi connectivity index (χ1v) is 5.52. The molecule has 0 spiro atoms. The fourth-order valence-electron chi connectivity index (χ4n) is 1.33. The van der Waals surface area contributed by atoms with Crippen LogP contribution in [0.5, 0.6) is 0 Å². The Kier molecular flexibility index (Phi) is 4.49. The Morgan fingerprint density at radius 2 is 2.38 bits per heavy atom. The molecule has 1 aromatic rings. The van der Waals surface area contributed by atoms with E-state index in [0.717, 1.165) is 12.1 Å². The monoisotopic (exact) mass is 225 g/mol. The van der Waals surface area contributed by atoms with Crippen LogP contribution in [0.25, 0.3) is 0 Å². The maximum absolute atomic E-state index is 11.8. The molecule has 90 valence electrons. The molecule has 1 atom stereocenters. The SMILES string of the molecule is CCc1cc(C(=O)N(C)CCC(C)O)n[nH]1. The first-order chi connectivity index (χ1) is 7.54. The van der Waals surface area contributed by atoms with Gasteiger partial charge in [0, 0.05) is 19.3 Å². The summed E-state index contributed by atoms with van der Waals surface area (Å²) in [6.07, 6.45) is 1.02. The molecule has 1 aromatic heterocycles. The fourth-order valence-corrected chi connectivity index (χ4v) is 1.33. The van der Waals surface area contributed by atoms with Gasteiger partial charge in [-0.05, 0) is 25.8 Å². The molecule has 0 aliphatic heterocycles. The van der Waals surface area contributed by atoms with Crippen LogP contribution >= 0.6 is 0 Å². The minimum atomic E-state index is -0.388. The number of hydrogen-bond acceptors (Lipinski definition) is 3. The van der Waals surface area contributed by atoms with Crippen LogP contribution in [0.2, 0.25) is 0 Å². The first-order valence-electron chi connectivity index (χ1n) is 5.52. The van der Waals surface area contributed by atoms with Gasteiger partial charge in [-0.15, -0.1) is 0 Å². The molecule has 0 aliphatic carbocycles. The van der Waals surface area contributed by atoms with Crippen molar-refractivity contribution < 1.29 is 9.90 Å². The van der Waals surface area contributed by atoms with E-state index in [9.17, 15) is 4.79 Å². The highest BCUT2D eigenvalue weighted by atomic mass is 16.3. The standard InChI is InChI=1S/C11H19N3O2/c1-4-9-7-10(13-12-9)11(16)14(3)6-5-8(2)15/h7-8,15H,4-6H2,1-3H3,(H,12,13). The highest BCUT2D eigenvalue weighted by Crippen LogP contribution is 2.04. The number of amides is 1. The normalized spacial score (nSPS) is 12.5. The number of aromatic nitrogens is 2. The van der Waals surface area contributed by atoms with Gasteiger partial charge in [0.1, 0.15) is 5.69 Å². The molecule has 0 saturated carbocycles. The molecule has 1 heterocycles. The van der Waals surface area contributed by atoms with Crippen molar-refractivity contribution in [3.8, 4) is 0 Å². The smallest absolute Gasteiger partial charge is 0.274 e. The second-order valence-electron chi connectivity index (χ2n) is 4.00. The lowest BCUT2D eigenvalue weighted by atomic mass is 10.2. The van der Waals surface area contributed by atoms with E-state index >= 15 is 0 Å². The third kappa shape index (κ3) is 3.34. The molecule has 1 unspecified atom stereocenters. The van der Waals surface area contributed by atoms with Gasteiger partial charge in [0.05, 0.1) is 6.10 Å². The van der Waals surface area contributed by atoms with Crippen molar-refractivity contribution in [2.45, 2.75) is 32.8 Å². The average molecular weight is 225 g/mol. The molecule has 0 fully saturated rings. The number of carbonyl (C=O) groups is 1. The molecule has 0 saturated heterocycles. The minimum absolute atomic E-state index is 0.114. The van der Waals surface area contributed by atoms with Crippen molar-refractivity contribution >= 4 is 5.91 Å². The molecule has 0 aliphatic rings. The molecule has 0 bridgehead atoms. The van der Waals surface area contributed by atoms with Crippen molar-refractivity contribution in [1.82, 2.24) is 15.1 Å². The highest BCUT2D eigenvalue weighted by molar-refractivity contribution is 5.92. The van der Waals surface area contributed by atoms with Crippen molar-refractivity contribution in [3.63, 3.8) is 0 Å². The van der Waals surface area contributed by atoms with Crippen molar-refractivity contribution in [1.29, 1.82) is 0 Å². The Hall–Kier alpha value is -1.36. The second-order valence-corrected chi connectivity index (χ2v) is 4.00. The number of hydrogen-bond donors (Lipinski definition) is 2. The van der Waals surface area contributed by atoms with Gasteiger partial charge in [0.2, 0.25) is 0 Å². The van der Waals surface area contributed by atoms with E-state index in [1.165, 1.54) is 0 Å². The lowest BCUT2D eigenvalue weighted by Crippen LogP contribution is -2.29. The van der Waals surface area contributed by atoms with E-state index in [1.807, 2.05) is 6.92 Å². The van der Waals surface area contributed by atoms with Crippen LogP contribution in [0.3, 0.4) is 0 Å². The van der Waals surface area contributed by atoms with Crippen molar-refractivity contribution in [2.75, 3.05) is 13.6 Å². The summed E-state index contributed by atoms with van der Waals surface area (Å²) in [7, 11) is 1.71. The predicted molar refractivity (Wildman–Crippen MR) is 61.2 cm³/mol. The van der Waals surface area contributed by atoms with Crippen LogP contribution in [-0.4, -0.2) is 45.8 Å². The molecular weight excluding hydrogens is 206 g/mol. The maximum atomic E-state index is 11.8. The Morgan fingerprint density at radius 3 is 2.88 bits per heavy atom. The topological polar surface area (TPSA) is 69.2 Å². The summed E-state index contributed by atoms with van der Waals surface area (Å²) in [6, 6.07) is 1.77. The molecule has 0 aromatic carbocycles. The van der Waals surface area contributed by atoms with E-state index in [4.69, 9.17) is 5.11 Å². The van der Waals surface area contributed by atoms with Crippen LogP contribution in [0.4, 0.5) is 0 Å². The second kappa shape index (κ2) is 5.65. The number of aliphatic hydroxyl groups excluding tert-OH is 1. The maximum Gasteiger partial charge on any atom is 0.274 e. The van der Waals surface area contributed by atoms with Crippen LogP contribution in [0, 0.1) is 0 Å². The van der Waals surface area contributed by atoms with E-state index < -0.39 is 0 Å². The zero-order valence-corrected chi connectivity index (χ0v) is 10.0. The average Bonchev–Trinajstić information content (AvgIpc) is 2.73. The molecule has 0 radical (unpaired) electrons. The van der Waals surface area contributed by atoms with Gasteiger partial charge in [0.15, 0.2) is 0 Å². The van der Waals surface area contributed by atoms with E-state index in [1.54, 1.807) is 24.9 Å². The van der Waals surface area contributed by atoms with E-state index in [0.29, 0.717) is 18.7 Å². The molecule has 2 N–H and O–H groups in total. The van der Waals surface area contributed by atoms with Crippen LogP contribution in [-0.2, 0) is 6.42 Å². The fraction of sp³-hybridized carbons (Fsp3) is 0.636. The number of carbonyl (C=O) groups excluding carboxylic acids is 1. The highest BCUT2D eigenvalue weighted by Gasteiger charge is 2.15. The molecule has 1 amide bonds. The third-order valence-corrected chi connectivity index (χ3v) is 2.46. The van der Waals surface area contributed by atoms with Crippen LogP contribution in [0.1, 0.15) is 36.5 Å². The van der Waals surface area contributed by atoms with Crippen molar-refractivity contribution in [2.24, 2.45) is 0 Å². The zero-order chi connectivity index (χ0) is 12.1. The van der Waals surface area contributed by atoms with Crippen molar-refractivity contribution in [3.05, 3.63) is 17.5 Å². The first kappa shape index (κ1) is 12.7. The van der Waals surface area contributed by atoms with E-state index in [-0.39, 0.29) is 12.0 Å². The minimum Gasteiger partial charge on any atom is -0.393 e. The Labute approximate surface area is 95.5 Å². The molecule has 1 rings (SSSR count). The Morgan fingerprint density at radius 1 is 1.69 bits per heavy atom. The van der Waals surface area contributed by atoms with Gasteiger partial charge in [-0.2, -0.15) is 5.10 Å². The summed E-state index contributed by atoms with van der Waals surface area (Å²) in [5, 5.41) is 15.9. The van der Waals surface area contributed by atoms with Gasteiger partial charge >= 0.3 is 0 Å². The lowest BCUT2D eigenvalue weighted by molar-refractivity contribution is 0.0763. The van der Waals surface area contributed by atoms with Gasteiger partial charge in [-0.1, -0.05) is 6.92 Å². The molecular formula is C11H19N3O2. The predicted octanol–water partition coefficient (Wildman–Crippen LogP) is 0.815. The van der Waals surface area contributed by atoms with Crippen LogP contribution in [0.15, 0.2) is 6.07 Å². The van der Waals surface area contributed by atoms with E-state index in [2.05, 4.69) is 10.2 Å². The summed E-state index contributed by atoms with van der Waals surface area (Å²) in [4.78, 5) is 13.4. The third-order valence-electron chi connectivity index (χ3n) is 2.46. The summed E-state index contributed by atoms with van der Waals surface area (Å²) in [5.74, 6) is -0.114. The largest absolute Gasteiger partial charge is 0.393 e. The number of aliphatic hydroxyl groups is 1. The summed E-state index contributed by atoms with van der Waals surface area (Å²) in [5.41, 5.74) is 1.39. The summed E-state index contributed by atoms with van der Waals surface area (Å²) >= 11 is 0. The summed E-state index contributed by atoms with van der Waals surface area (Å²) in [6.45, 7) is 4.24. The number of aromatic amines is 1. The Bertz CT molecular complexity index is 347. The zero-order valence-electron chi connectivity index (χ0n) is 10.0. The molecule has 5 heteroatoms. The number of nitrogens with zero attached hydrogens (tertiary/aromatic N) is 2. The lowest BCUT2D eigenvalue weighted by Gasteiger charge is -2.16. The van der Waals surface area contributed by atoms with Crippen LogP contribution < -0.4 is 0 Å². The number of aryl methyl sites for hydroxylation is 1.